The van der Waals surface area contributed by atoms with Crippen molar-refractivity contribution in [1.29, 1.82) is 0 Å². The van der Waals surface area contributed by atoms with Crippen LogP contribution in [0, 0.1) is 6.92 Å². The van der Waals surface area contributed by atoms with Crippen molar-refractivity contribution in [2.75, 3.05) is 12.4 Å². The van der Waals surface area contributed by atoms with E-state index in [1.165, 1.54) is 6.33 Å². The molecule has 0 saturated heterocycles. The molecule has 2 aromatic rings. The topological polar surface area (TPSA) is 47.0 Å². The summed E-state index contributed by atoms with van der Waals surface area (Å²) in [6.07, 6.45) is 1.42. The Morgan fingerprint density at radius 3 is 2.78 bits per heavy atom. The van der Waals surface area contributed by atoms with Crippen LogP contribution in [-0.4, -0.2) is 17.0 Å². The van der Waals surface area contributed by atoms with Gasteiger partial charge >= 0.3 is 0 Å². The summed E-state index contributed by atoms with van der Waals surface area (Å²) in [5, 5.41) is 3.48. The van der Waals surface area contributed by atoms with Crippen LogP contribution < -0.4 is 10.1 Å². The highest BCUT2D eigenvalue weighted by atomic mass is 79.9. The predicted octanol–water partition coefficient (Wildman–Crippen LogP) is 4.03. The van der Waals surface area contributed by atoms with Gasteiger partial charge < -0.3 is 10.1 Å². The number of nitrogens with one attached hydrogen (secondary N) is 1. The molecule has 0 atom stereocenters. The first-order chi connectivity index (χ1) is 8.61. The van der Waals surface area contributed by atoms with Crippen molar-refractivity contribution >= 4 is 33.3 Å². The van der Waals surface area contributed by atoms with Crippen molar-refractivity contribution in [3.8, 4) is 11.6 Å². The molecule has 0 radical (unpaired) electrons. The number of anilines is 1. The van der Waals surface area contributed by atoms with E-state index in [0.717, 1.165) is 5.56 Å². The number of ether oxygens (including phenoxy) is 1. The van der Waals surface area contributed by atoms with E-state index in [0.29, 0.717) is 26.9 Å². The number of aromatic nitrogens is 2. The molecule has 1 heterocycles. The minimum absolute atomic E-state index is 0.417. The molecule has 0 aliphatic carbocycles. The van der Waals surface area contributed by atoms with Gasteiger partial charge in [0, 0.05) is 7.05 Å². The maximum absolute atomic E-state index is 6.11. The van der Waals surface area contributed by atoms with Crippen molar-refractivity contribution in [2.45, 2.75) is 6.92 Å². The lowest BCUT2D eigenvalue weighted by Crippen LogP contribution is -1.98. The Balaban J connectivity index is 2.34. The van der Waals surface area contributed by atoms with Gasteiger partial charge in [-0.25, -0.2) is 9.97 Å². The zero-order valence-electron chi connectivity index (χ0n) is 9.87. The molecular weight excluding hydrogens is 318 g/mol. The van der Waals surface area contributed by atoms with E-state index in [1.807, 2.05) is 25.1 Å². The lowest BCUT2D eigenvalue weighted by molar-refractivity contribution is 0.458. The second-order valence-corrected chi connectivity index (χ2v) is 4.83. The van der Waals surface area contributed by atoms with Gasteiger partial charge in [-0.2, -0.15) is 0 Å². The van der Waals surface area contributed by atoms with Crippen molar-refractivity contribution in [2.24, 2.45) is 0 Å². The van der Waals surface area contributed by atoms with Gasteiger partial charge in [-0.1, -0.05) is 17.7 Å². The van der Waals surface area contributed by atoms with Crippen molar-refractivity contribution < 1.29 is 4.74 Å². The summed E-state index contributed by atoms with van der Waals surface area (Å²) in [6, 6.07) is 5.57. The molecule has 1 aromatic heterocycles. The van der Waals surface area contributed by atoms with Crippen LogP contribution in [0.25, 0.3) is 0 Å². The third-order valence-corrected chi connectivity index (χ3v) is 3.30. The Morgan fingerprint density at radius 1 is 1.33 bits per heavy atom. The highest BCUT2D eigenvalue weighted by molar-refractivity contribution is 9.10. The largest absolute Gasteiger partial charge is 0.436 e. The highest BCUT2D eigenvalue weighted by Gasteiger charge is 2.11. The molecule has 0 fully saturated rings. The molecule has 1 N–H and O–H groups in total. The second-order valence-electron chi connectivity index (χ2n) is 3.63. The molecule has 18 heavy (non-hydrogen) atoms. The standard InChI is InChI=1S/C12H11BrClN3O/c1-7-3-4-9(8(14)5-7)18-12-10(13)11(15-2)16-6-17-12/h3-6H,1-2H3,(H,15,16,17). The summed E-state index contributed by atoms with van der Waals surface area (Å²) in [6.45, 7) is 1.97. The predicted molar refractivity (Wildman–Crippen MR) is 75.5 cm³/mol. The van der Waals surface area contributed by atoms with Gasteiger partial charge in [0.1, 0.15) is 22.4 Å². The second kappa shape index (κ2) is 5.54. The van der Waals surface area contributed by atoms with Gasteiger partial charge in [0.2, 0.25) is 5.88 Å². The molecule has 6 heteroatoms. The third-order valence-electron chi connectivity index (χ3n) is 2.29. The molecule has 0 amide bonds. The molecule has 2 rings (SSSR count). The van der Waals surface area contributed by atoms with E-state index < -0.39 is 0 Å². The normalized spacial score (nSPS) is 10.2. The average Bonchev–Trinajstić information content (AvgIpc) is 2.35. The van der Waals surface area contributed by atoms with E-state index in [1.54, 1.807) is 7.05 Å². The van der Waals surface area contributed by atoms with Crippen molar-refractivity contribution in [3.05, 3.63) is 39.6 Å². The lowest BCUT2D eigenvalue weighted by Gasteiger charge is -2.10. The summed E-state index contributed by atoms with van der Waals surface area (Å²) in [5.74, 6) is 1.63. The molecule has 4 nitrogen and oxygen atoms in total. The van der Waals surface area contributed by atoms with Gasteiger partial charge in [0.15, 0.2) is 0 Å². The van der Waals surface area contributed by atoms with Crippen LogP contribution in [0.5, 0.6) is 11.6 Å². The molecular formula is C12H11BrClN3O. The Morgan fingerprint density at radius 2 is 2.11 bits per heavy atom. The van der Waals surface area contributed by atoms with E-state index in [9.17, 15) is 0 Å². The number of hydrogen-bond acceptors (Lipinski definition) is 4. The maximum atomic E-state index is 6.11. The Hall–Kier alpha value is -1.33. The number of nitrogens with zero attached hydrogens (tertiary/aromatic N) is 2. The summed E-state index contributed by atoms with van der Waals surface area (Å²) < 4.78 is 6.32. The Labute approximate surface area is 118 Å². The van der Waals surface area contributed by atoms with Crippen LogP contribution in [0.15, 0.2) is 29.0 Å². The molecule has 1 aromatic carbocycles. The molecule has 94 valence electrons. The summed E-state index contributed by atoms with van der Waals surface area (Å²) in [5.41, 5.74) is 1.07. The maximum Gasteiger partial charge on any atom is 0.238 e. The number of halogens is 2. The first-order valence-corrected chi connectivity index (χ1v) is 6.41. The summed E-state index contributed by atoms with van der Waals surface area (Å²) >= 11 is 9.49. The highest BCUT2D eigenvalue weighted by Crippen LogP contribution is 2.34. The fourth-order valence-electron chi connectivity index (χ4n) is 1.39. The first kappa shape index (κ1) is 13.1. The van der Waals surface area contributed by atoms with Gasteiger partial charge in [0.25, 0.3) is 0 Å². The smallest absolute Gasteiger partial charge is 0.238 e. The molecule has 0 bridgehead atoms. The van der Waals surface area contributed by atoms with Crippen LogP contribution in [0.3, 0.4) is 0 Å². The van der Waals surface area contributed by atoms with Crippen molar-refractivity contribution in [1.82, 2.24) is 9.97 Å². The minimum Gasteiger partial charge on any atom is -0.436 e. The van der Waals surface area contributed by atoms with Crippen LogP contribution in [-0.2, 0) is 0 Å². The van der Waals surface area contributed by atoms with Crippen molar-refractivity contribution in [3.63, 3.8) is 0 Å². The van der Waals surface area contributed by atoms with Gasteiger partial charge in [0.05, 0.1) is 5.02 Å². The quantitative estimate of drug-likeness (QED) is 0.924. The zero-order chi connectivity index (χ0) is 13.1. The van der Waals surface area contributed by atoms with Gasteiger partial charge in [-0.05, 0) is 40.5 Å². The number of aryl methyl sites for hydroxylation is 1. The van der Waals surface area contributed by atoms with E-state index in [-0.39, 0.29) is 0 Å². The SMILES string of the molecule is CNc1ncnc(Oc2ccc(C)cc2Cl)c1Br. The molecule has 0 saturated carbocycles. The molecule has 0 aliphatic heterocycles. The monoisotopic (exact) mass is 327 g/mol. The summed E-state index contributed by atoms with van der Waals surface area (Å²) in [7, 11) is 1.77. The third kappa shape index (κ3) is 2.73. The van der Waals surface area contributed by atoms with Crippen LogP contribution in [0.4, 0.5) is 5.82 Å². The van der Waals surface area contributed by atoms with Crippen LogP contribution in [0.1, 0.15) is 5.56 Å². The summed E-state index contributed by atoms with van der Waals surface area (Å²) in [4.78, 5) is 8.12. The van der Waals surface area contributed by atoms with E-state index in [4.69, 9.17) is 16.3 Å². The molecule has 0 spiro atoms. The van der Waals surface area contributed by atoms with E-state index >= 15 is 0 Å². The number of benzene rings is 1. The lowest BCUT2D eigenvalue weighted by atomic mass is 10.2. The zero-order valence-corrected chi connectivity index (χ0v) is 12.2. The Bertz CT molecular complexity index is 577. The van der Waals surface area contributed by atoms with Gasteiger partial charge in [-0.15, -0.1) is 0 Å². The fraction of sp³-hybridized carbons (Fsp3) is 0.167. The van der Waals surface area contributed by atoms with Gasteiger partial charge in [-0.3, -0.25) is 0 Å². The number of rotatable bonds is 3. The van der Waals surface area contributed by atoms with Crippen LogP contribution >= 0.6 is 27.5 Å². The molecule has 0 aliphatic rings. The Kier molecular flexibility index (Phi) is 4.04. The first-order valence-electron chi connectivity index (χ1n) is 5.24. The minimum atomic E-state index is 0.417. The number of hydrogen-bond donors (Lipinski definition) is 1. The fourth-order valence-corrected chi connectivity index (χ4v) is 2.15. The van der Waals surface area contributed by atoms with E-state index in [2.05, 4.69) is 31.2 Å². The average molecular weight is 329 g/mol. The van der Waals surface area contributed by atoms with Crippen LogP contribution in [0.2, 0.25) is 5.02 Å². The molecule has 0 unspecified atom stereocenters.